The molecule has 1 amide bonds. The molecule has 0 atom stereocenters. The third-order valence-electron chi connectivity index (χ3n) is 2.62. The van der Waals surface area contributed by atoms with E-state index in [4.69, 9.17) is 23.2 Å². The predicted octanol–water partition coefficient (Wildman–Crippen LogP) is 4.62. The van der Waals surface area contributed by atoms with Crippen molar-refractivity contribution < 1.29 is 14.8 Å². The number of benzene rings is 2. The number of aromatic hydroxyl groups is 1. The van der Waals surface area contributed by atoms with Crippen molar-refractivity contribution in [2.24, 2.45) is 0 Å². The molecule has 0 aliphatic rings. The lowest BCUT2D eigenvalue weighted by atomic mass is 10.1. The van der Waals surface area contributed by atoms with Crippen molar-refractivity contribution >= 4 is 56.4 Å². The van der Waals surface area contributed by atoms with Gasteiger partial charge in [-0.25, -0.2) is 0 Å². The summed E-state index contributed by atoms with van der Waals surface area (Å²) in [4.78, 5) is 22.3. The van der Waals surface area contributed by atoms with E-state index >= 15 is 0 Å². The van der Waals surface area contributed by atoms with Crippen molar-refractivity contribution in [3.05, 3.63) is 60.5 Å². The smallest absolute Gasteiger partial charge is 0.312 e. The molecule has 2 aromatic carbocycles. The molecule has 9 heteroatoms. The molecule has 2 aromatic rings. The Morgan fingerprint density at radius 2 is 1.77 bits per heavy atom. The number of nitro groups is 1. The number of nitrogens with one attached hydrogen (secondary N) is 1. The van der Waals surface area contributed by atoms with Crippen LogP contribution in [0, 0.1) is 10.1 Å². The van der Waals surface area contributed by atoms with Gasteiger partial charge in [0.1, 0.15) is 0 Å². The molecule has 114 valence electrons. The van der Waals surface area contributed by atoms with Crippen LogP contribution in [0.15, 0.2) is 34.8 Å². The van der Waals surface area contributed by atoms with Crippen LogP contribution < -0.4 is 5.32 Å². The zero-order chi connectivity index (χ0) is 16.4. The molecule has 0 spiro atoms. The Labute approximate surface area is 142 Å². The molecule has 0 aromatic heterocycles. The van der Waals surface area contributed by atoms with Crippen LogP contribution in [0.5, 0.6) is 5.75 Å². The van der Waals surface area contributed by atoms with Crippen LogP contribution >= 0.6 is 39.1 Å². The summed E-state index contributed by atoms with van der Waals surface area (Å²) in [6.45, 7) is 0. The number of phenols is 1. The monoisotopic (exact) mass is 404 g/mol. The highest BCUT2D eigenvalue weighted by molar-refractivity contribution is 9.10. The van der Waals surface area contributed by atoms with Crippen molar-refractivity contribution in [3.63, 3.8) is 0 Å². The third-order valence-corrected chi connectivity index (χ3v) is 3.51. The molecule has 2 N–H and O–H groups in total. The highest BCUT2D eigenvalue weighted by Gasteiger charge is 2.23. The summed E-state index contributed by atoms with van der Waals surface area (Å²) in [5.41, 5.74) is -0.537. The zero-order valence-electron chi connectivity index (χ0n) is 10.6. The Morgan fingerprint density at radius 1 is 1.18 bits per heavy atom. The van der Waals surface area contributed by atoms with E-state index in [0.29, 0.717) is 15.7 Å². The number of phenolic OH excluding ortho intramolecular Hbond substituents is 1. The summed E-state index contributed by atoms with van der Waals surface area (Å²) in [6, 6.07) is 6.76. The summed E-state index contributed by atoms with van der Waals surface area (Å²) in [5.74, 6) is -1.46. The molecule has 0 bridgehead atoms. The van der Waals surface area contributed by atoms with Gasteiger partial charge in [-0.2, -0.15) is 0 Å². The van der Waals surface area contributed by atoms with Gasteiger partial charge in [0.05, 0.1) is 10.5 Å². The van der Waals surface area contributed by atoms with E-state index in [9.17, 15) is 20.0 Å². The minimum atomic E-state index is -0.785. The Hall–Kier alpha value is -1.83. The van der Waals surface area contributed by atoms with Gasteiger partial charge in [0, 0.05) is 26.3 Å². The van der Waals surface area contributed by atoms with Gasteiger partial charge in [0.25, 0.3) is 5.91 Å². The van der Waals surface area contributed by atoms with Crippen LogP contribution in [0.3, 0.4) is 0 Å². The van der Waals surface area contributed by atoms with E-state index in [1.54, 1.807) is 0 Å². The summed E-state index contributed by atoms with van der Waals surface area (Å²) >= 11 is 14.7. The number of carbonyl (C=O) groups excluding carboxylic acids is 1. The minimum absolute atomic E-state index is 0.253. The number of carbonyl (C=O) groups is 1. The number of rotatable bonds is 3. The Kier molecular flexibility index (Phi) is 4.90. The average Bonchev–Trinajstić information content (AvgIpc) is 2.39. The first-order chi connectivity index (χ1) is 10.3. The van der Waals surface area contributed by atoms with E-state index in [-0.39, 0.29) is 10.0 Å². The Bertz CT molecular complexity index is 763. The second-order valence-corrected chi connectivity index (χ2v) is 5.98. The fourth-order valence-corrected chi connectivity index (χ4v) is 2.69. The fraction of sp³-hybridized carbons (Fsp3) is 0. The second-order valence-electron chi connectivity index (χ2n) is 4.19. The molecule has 0 unspecified atom stereocenters. The predicted molar refractivity (Wildman–Crippen MR) is 86.9 cm³/mol. The van der Waals surface area contributed by atoms with Crippen LogP contribution in [0.4, 0.5) is 11.4 Å². The number of nitro benzene ring substituents is 1. The molecule has 6 nitrogen and oxygen atoms in total. The molecule has 0 aliphatic heterocycles. The molecule has 0 fully saturated rings. The number of halogens is 3. The van der Waals surface area contributed by atoms with Gasteiger partial charge < -0.3 is 10.4 Å². The van der Waals surface area contributed by atoms with Crippen LogP contribution in [0.2, 0.25) is 10.0 Å². The fourth-order valence-electron chi connectivity index (χ4n) is 1.72. The van der Waals surface area contributed by atoms with Gasteiger partial charge in [-0.3, -0.25) is 14.9 Å². The SMILES string of the molecule is O=C(Nc1cc(Cl)cc(Cl)c1)c1cc(Br)cc([N+](=O)[O-])c1O. The summed E-state index contributed by atoms with van der Waals surface area (Å²) in [5, 5.41) is 23.8. The van der Waals surface area contributed by atoms with Gasteiger partial charge in [0.2, 0.25) is 5.75 Å². The molecule has 0 saturated heterocycles. The lowest BCUT2D eigenvalue weighted by Crippen LogP contribution is -2.12. The number of anilines is 1. The highest BCUT2D eigenvalue weighted by atomic mass is 79.9. The van der Waals surface area contributed by atoms with E-state index in [1.165, 1.54) is 24.3 Å². The van der Waals surface area contributed by atoms with Gasteiger partial charge in [-0.1, -0.05) is 39.1 Å². The molecular formula is C13H7BrCl2N2O4. The molecule has 22 heavy (non-hydrogen) atoms. The van der Waals surface area contributed by atoms with Crippen molar-refractivity contribution in [3.8, 4) is 5.75 Å². The lowest BCUT2D eigenvalue weighted by Gasteiger charge is -2.08. The second kappa shape index (κ2) is 6.51. The number of nitrogens with zero attached hydrogens (tertiary/aromatic N) is 1. The minimum Gasteiger partial charge on any atom is -0.502 e. The third kappa shape index (κ3) is 3.68. The summed E-state index contributed by atoms with van der Waals surface area (Å²) in [7, 11) is 0. The molecule has 0 radical (unpaired) electrons. The van der Waals surface area contributed by atoms with Crippen molar-refractivity contribution in [2.45, 2.75) is 0 Å². The Balaban J connectivity index is 2.39. The first-order valence-corrected chi connectivity index (χ1v) is 7.27. The van der Waals surface area contributed by atoms with Crippen LogP contribution in [0.25, 0.3) is 0 Å². The lowest BCUT2D eigenvalue weighted by molar-refractivity contribution is -0.386. The first kappa shape index (κ1) is 16.5. The van der Waals surface area contributed by atoms with Gasteiger partial charge in [0.15, 0.2) is 0 Å². The van der Waals surface area contributed by atoms with Gasteiger partial charge >= 0.3 is 5.69 Å². The molecule has 0 heterocycles. The molecule has 0 aliphatic carbocycles. The highest BCUT2D eigenvalue weighted by Crippen LogP contribution is 2.34. The molecular weight excluding hydrogens is 399 g/mol. The summed E-state index contributed by atoms with van der Waals surface area (Å²) in [6.07, 6.45) is 0. The maximum atomic E-state index is 12.2. The maximum absolute atomic E-state index is 12.2. The first-order valence-electron chi connectivity index (χ1n) is 5.72. The van der Waals surface area contributed by atoms with E-state index in [0.717, 1.165) is 6.07 Å². The molecule has 2 rings (SSSR count). The van der Waals surface area contributed by atoms with E-state index < -0.39 is 22.3 Å². The number of amides is 1. The number of hydrogen-bond acceptors (Lipinski definition) is 4. The quantitative estimate of drug-likeness (QED) is 0.575. The van der Waals surface area contributed by atoms with Gasteiger partial charge in [-0.05, 0) is 24.3 Å². The topological polar surface area (TPSA) is 92.5 Å². The standard InChI is InChI=1S/C13H7BrCl2N2O4/c14-6-1-10(12(19)11(2-6)18(21)22)13(20)17-9-4-7(15)3-8(16)5-9/h1-5,19H,(H,17,20). The van der Waals surface area contributed by atoms with Crippen LogP contribution in [-0.2, 0) is 0 Å². The normalized spacial score (nSPS) is 10.3. The maximum Gasteiger partial charge on any atom is 0.312 e. The average molecular weight is 406 g/mol. The largest absolute Gasteiger partial charge is 0.502 e. The zero-order valence-corrected chi connectivity index (χ0v) is 13.7. The van der Waals surface area contributed by atoms with Crippen molar-refractivity contribution in [1.82, 2.24) is 0 Å². The van der Waals surface area contributed by atoms with Crippen LogP contribution in [-0.4, -0.2) is 15.9 Å². The van der Waals surface area contributed by atoms with Crippen molar-refractivity contribution in [1.29, 1.82) is 0 Å². The summed E-state index contributed by atoms with van der Waals surface area (Å²) < 4.78 is 0.284. The van der Waals surface area contributed by atoms with Crippen LogP contribution in [0.1, 0.15) is 10.4 Å². The van der Waals surface area contributed by atoms with Gasteiger partial charge in [-0.15, -0.1) is 0 Å². The van der Waals surface area contributed by atoms with E-state index in [2.05, 4.69) is 21.2 Å². The van der Waals surface area contributed by atoms with E-state index in [1.807, 2.05) is 0 Å². The van der Waals surface area contributed by atoms with Crippen molar-refractivity contribution in [2.75, 3.05) is 5.32 Å². The Morgan fingerprint density at radius 3 is 2.32 bits per heavy atom. The molecule has 0 saturated carbocycles. The number of hydrogen-bond donors (Lipinski definition) is 2.